The number of nitrogens with zero attached hydrogens (tertiary/aromatic N) is 3. The minimum atomic E-state index is -3.19. The van der Waals surface area contributed by atoms with Crippen molar-refractivity contribution in [3.8, 4) is 0 Å². The molecule has 0 aliphatic carbocycles. The van der Waals surface area contributed by atoms with Crippen LogP contribution in [0.15, 0.2) is 24.5 Å². The van der Waals surface area contributed by atoms with Gasteiger partial charge in [-0.15, -0.1) is 0 Å². The number of ether oxygens (including phenoxy) is 2. The van der Waals surface area contributed by atoms with E-state index in [1.54, 1.807) is 17.3 Å². The molecule has 0 spiro atoms. The molecule has 1 aromatic heterocycles. The van der Waals surface area contributed by atoms with E-state index in [0.717, 1.165) is 24.9 Å². The lowest BCUT2D eigenvalue weighted by atomic mass is 9.98. The van der Waals surface area contributed by atoms with E-state index in [2.05, 4.69) is 9.88 Å². The molecule has 2 fully saturated rings. The van der Waals surface area contributed by atoms with Gasteiger partial charge in [-0.25, -0.2) is 8.42 Å². The molecule has 3 heterocycles. The lowest BCUT2D eigenvalue weighted by molar-refractivity contribution is -0.149. The van der Waals surface area contributed by atoms with E-state index in [4.69, 9.17) is 9.47 Å². The summed E-state index contributed by atoms with van der Waals surface area (Å²) in [7, 11) is -3.19. The van der Waals surface area contributed by atoms with Gasteiger partial charge >= 0.3 is 0 Å². The van der Waals surface area contributed by atoms with E-state index < -0.39 is 9.84 Å². The largest absolute Gasteiger partial charge is 0.379 e. The summed E-state index contributed by atoms with van der Waals surface area (Å²) in [4.78, 5) is 21.1. The molecule has 27 heavy (non-hydrogen) atoms. The van der Waals surface area contributed by atoms with Gasteiger partial charge in [0.25, 0.3) is 0 Å². The standard InChI is InChI=1S/C18H27N3O5S/c1-27(23,24)12-4-17(22)21-8-11-26-16(14-20-6-9-25-10-7-20)18(21)15-3-2-5-19-13-15/h2-3,5,13,16,18H,4,6-12,14H2,1H3/t16-,18-/m0/s1. The Hall–Kier alpha value is -1.55. The monoisotopic (exact) mass is 397 g/mol. The molecular weight excluding hydrogens is 370 g/mol. The third kappa shape index (κ3) is 5.71. The van der Waals surface area contributed by atoms with Crippen LogP contribution < -0.4 is 0 Å². The minimum absolute atomic E-state index is 0.0140. The van der Waals surface area contributed by atoms with Gasteiger partial charge in [-0.1, -0.05) is 6.07 Å². The SMILES string of the molecule is CS(=O)(=O)CCC(=O)N1CCO[C@@H](CN2CCOCC2)[C@@H]1c1cccnc1. The maximum atomic E-state index is 12.8. The van der Waals surface area contributed by atoms with Crippen LogP contribution in [0.2, 0.25) is 0 Å². The van der Waals surface area contributed by atoms with E-state index >= 15 is 0 Å². The van der Waals surface area contributed by atoms with Crippen LogP contribution in [0.4, 0.5) is 0 Å². The third-order valence-electron chi connectivity index (χ3n) is 4.93. The summed E-state index contributed by atoms with van der Waals surface area (Å²) < 4.78 is 34.4. The van der Waals surface area contributed by atoms with E-state index in [0.29, 0.717) is 32.9 Å². The third-order valence-corrected chi connectivity index (χ3v) is 5.87. The van der Waals surface area contributed by atoms with Crippen LogP contribution in [0.25, 0.3) is 0 Å². The Morgan fingerprint density at radius 3 is 2.70 bits per heavy atom. The molecule has 0 saturated carbocycles. The predicted molar refractivity (Wildman–Crippen MR) is 100 cm³/mol. The van der Waals surface area contributed by atoms with E-state index in [1.807, 2.05) is 12.1 Å². The maximum Gasteiger partial charge on any atom is 0.224 e. The highest BCUT2D eigenvalue weighted by molar-refractivity contribution is 7.90. The van der Waals surface area contributed by atoms with Crippen LogP contribution in [0, 0.1) is 0 Å². The van der Waals surface area contributed by atoms with Crippen LogP contribution in [0.1, 0.15) is 18.0 Å². The number of carbonyl (C=O) groups excluding carboxylic acids is 1. The summed E-state index contributed by atoms with van der Waals surface area (Å²) in [6.07, 6.45) is 4.39. The fraction of sp³-hybridized carbons (Fsp3) is 0.667. The molecule has 0 radical (unpaired) electrons. The normalized spacial score (nSPS) is 24.7. The molecule has 1 amide bonds. The van der Waals surface area contributed by atoms with Gasteiger partial charge < -0.3 is 14.4 Å². The first-order valence-electron chi connectivity index (χ1n) is 9.23. The van der Waals surface area contributed by atoms with Gasteiger partial charge in [0.2, 0.25) is 5.91 Å². The van der Waals surface area contributed by atoms with Gasteiger partial charge in [-0.05, 0) is 11.6 Å². The zero-order valence-electron chi connectivity index (χ0n) is 15.6. The van der Waals surface area contributed by atoms with Crippen molar-refractivity contribution >= 4 is 15.7 Å². The van der Waals surface area contributed by atoms with Crippen LogP contribution in [0.5, 0.6) is 0 Å². The van der Waals surface area contributed by atoms with Crippen molar-refractivity contribution in [2.24, 2.45) is 0 Å². The maximum absolute atomic E-state index is 12.8. The number of rotatable bonds is 6. The summed E-state index contributed by atoms with van der Waals surface area (Å²) in [5, 5.41) is 0. The predicted octanol–water partition coefficient (Wildman–Crippen LogP) is 0.117. The number of morpholine rings is 2. The average Bonchev–Trinajstić information content (AvgIpc) is 2.67. The molecule has 2 aliphatic rings. The van der Waals surface area contributed by atoms with Gasteiger partial charge in [-0.3, -0.25) is 14.7 Å². The Labute approximate surface area is 160 Å². The lowest BCUT2D eigenvalue weighted by Crippen LogP contribution is -2.53. The number of hydrogen-bond acceptors (Lipinski definition) is 7. The Morgan fingerprint density at radius 2 is 2.04 bits per heavy atom. The lowest BCUT2D eigenvalue weighted by Gasteiger charge is -2.43. The van der Waals surface area contributed by atoms with Gasteiger partial charge in [0.05, 0.1) is 37.7 Å². The highest BCUT2D eigenvalue weighted by Crippen LogP contribution is 2.30. The highest BCUT2D eigenvalue weighted by Gasteiger charge is 2.37. The molecule has 150 valence electrons. The molecule has 8 nitrogen and oxygen atoms in total. The van der Waals surface area contributed by atoms with Gasteiger partial charge in [0.1, 0.15) is 9.84 Å². The van der Waals surface area contributed by atoms with Crippen molar-refractivity contribution in [2.75, 3.05) is 58.0 Å². The summed E-state index contributed by atoms with van der Waals surface area (Å²) in [5.74, 6) is -0.304. The Kier molecular flexibility index (Phi) is 6.80. The number of sulfone groups is 1. The fourth-order valence-corrected chi connectivity index (χ4v) is 4.11. The topological polar surface area (TPSA) is 89.0 Å². The second-order valence-corrected chi connectivity index (χ2v) is 9.28. The van der Waals surface area contributed by atoms with Gasteiger partial charge in [0.15, 0.2) is 0 Å². The molecule has 2 saturated heterocycles. The van der Waals surface area contributed by atoms with Crippen molar-refractivity contribution < 1.29 is 22.7 Å². The van der Waals surface area contributed by atoms with Crippen molar-refractivity contribution in [3.63, 3.8) is 0 Å². The zero-order chi connectivity index (χ0) is 19.3. The quantitative estimate of drug-likeness (QED) is 0.673. The van der Waals surface area contributed by atoms with Crippen LogP contribution in [-0.4, -0.2) is 93.2 Å². The molecule has 0 aromatic carbocycles. The second kappa shape index (κ2) is 9.09. The molecule has 0 unspecified atom stereocenters. The first-order chi connectivity index (χ1) is 12.9. The number of amides is 1. The molecule has 0 bridgehead atoms. The summed E-state index contributed by atoms with van der Waals surface area (Å²) in [5.41, 5.74) is 0.906. The molecule has 3 rings (SSSR count). The van der Waals surface area contributed by atoms with Crippen molar-refractivity contribution in [3.05, 3.63) is 30.1 Å². The van der Waals surface area contributed by atoms with E-state index in [-0.39, 0.29) is 30.2 Å². The smallest absolute Gasteiger partial charge is 0.224 e. The molecule has 9 heteroatoms. The number of carbonyl (C=O) groups is 1. The van der Waals surface area contributed by atoms with E-state index in [1.165, 1.54) is 0 Å². The molecule has 2 aliphatic heterocycles. The fourth-order valence-electron chi connectivity index (χ4n) is 3.57. The highest BCUT2D eigenvalue weighted by atomic mass is 32.2. The van der Waals surface area contributed by atoms with Gasteiger partial charge in [-0.2, -0.15) is 0 Å². The minimum Gasteiger partial charge on any atom is -0.379 e. The van der Waals surface area contributed by atoms with Gasteiger partial charge in [0, 0.05) is 51.2 Å². The van der Waals surface area contributed by atoms with Crippen molar-refractivity contribution in [2.45, 2.75) is 18.6 Å². The Morgan fingerprint density at radius 1 is 1.26 bits per heavy atom. The molecule has 1 aromatic rings. The Bertz CT molecular complexity index is 722. The number of aromatic nitrogens is 1. The zero-order valence-corrected chi connectivity index (χ0v) is 16.4. The molecule has 0 N–H and O–H groups in total. The van der Waals surface area contributed by atoms with Crippen LogP contribution in [-0.2, 0) is 24.1 Å². The van der Waals surface area contributed by atoms with Crippen LogP contribution >= 0.6 is 0 Å². The van der Waals surface area contributed by atoms with Crippen molar-refractivity contribution in [1.29, 1.82) is 0 Å². The summed E-state index contributed by atoms with van der Waals surface area (Å²) in [6.45, 7) is 4.64. The molecule has 2 atom stereocenters. The first-order valence-corrected chi connectivity index (χ1v) is 11.3. The summed E-state index contributed by atoms with van der Waals surface area (Å²) in [6, 6.07) is 3.51. The average molecular weight is 397 g/mol. The van der Waals surface area contributed by atoms with E-state index in [9.17, 15) is 13.2 Å². The second-order valence-electron chi connectivity index (χ2n) is 7.02. The summed E-state index contributed by atoms with van der Waals surface area (Å²) >= 11 is 0. The van der Waals surface area contributed by atoms with Crippen LogP contribution in [0.3, 0.4) is 0 Å². The first kappa shape index (κ1) is 20.2. The molecular formula is C18H27N3O5S. The van der Waals surface area contributed by atoms with Crippen molar-refractivity contribution in [1.82, 2.24) is 14.8 Å². The Balaban J connectivity index is 1.79. The number of hydrogen-bond donors (Lipinski definition) is 0. The number of pyridine rings is 1.